The summed E-state index contributed by atoms with van der Waals surface area (Å²) in [7, 11) is -1.78. The number of sulfonamides is 1. The van der Waals surface area contributed by atoms with Gasteiger partial charge in [0.15, 0.2) is 0 Å². The van der Waals surface area contributed by atoms with Crippen LogP contribution in [0.2, 0.25) is 0 Å². The summed E-state index contributed by atoms with van der Waals surface area (Å²) in [4.78, 5) is 13.8. The number of nitrogens with one attached hydrogen (secondary N) is 1. The van der Waals surface area contributed by atoms with Crippen molar-refractivity contribution in [3.63, 3.8) is 0 Å². The van der Waals surface area contributed by atoms with Gasteiger partial charge in [0.25, 0.3) is 10.0 Å². The van der Waals surface area contributed by atoms with Crippen LogP contribution in [0.25, 0.3) is 22.2 Å². The minimum atomic E-state index is -3.70. The van der Waals surface area contributed by atoms with Crippen molar-refractivity contribution < 1.29 is 8.42 Å². The van der Waals surface area contributed by atoms with Crippen molar-refractivity contribution in [1.82, 2.24) is 20.0 Å². The molecule has 2 aromatic heterocycles. The predicted octanol–water partition coefficient (Wildman–Crippen LogP) is 3.86. The molecule has 4 aromatic rings. The van der Waals surface area contributed by atoms with E-state index in [4.69, 9.17) is 4.98 Å². The number of aromatic nitrogens is 3. The Morgan fingerprint density at radius 1 is 0.969 bits per heavy atom. The van der Waals surface area contributed by atoms with E-state index < -0.39 is 10.0 Å². The first kappa shape index (κ1) is 20.1. The summed E-state index contributed by atoms with van der Waals surface area (Å²) < 4.78 is 27.9. The van der Waals surface area contributed by atoms with Crippen LogP contribution in [0.3, 0.4) is 0 Å². The second-order valence-corrected chi connectivity index (χ2v) is 9.18. The van der Waals surface area contributed by atoms with Crippen LogP contribution in [-0.2, 0) is 10.0 Å². The van der Waals surface area contributed by atoms with E-state index in [0.29, 0.717) is 5.69 Å². The van der Waals surface area contributed by atoms with Crippen LogP contribution in [0.4, 0.5) is 5.69 Å². The minimum Gasteiger partial charge on any atom is -0.291 e. The fourth-order valence-electron chi connectivity index (χ4n) is 3.65. The number of nitrogens with zero attached hydrogens (tertiary/aromatic N) is 5. The summed E-state index contributed by atoms with van der Waals surface area (Å²) >= 11 is 0. The van der Waals surface area contributed by atoms with E-state index in [9.17, 15) is 8.42 Å². The van der Waals surface area contributed by atoms with Gasteiger partial charge in [-0.2, -0.15) is 5.10 Å². The number of hydrazone groups is 1. The van der Waals surface area contributed by atoms with Gasteiger partial charge in [-0.1, -0.05) is 24.3 Å². The van der Waals surface area contributed by atoms with Crippen molar-refractivity contribution >= 4 is 33.0 Å². The molecule has 0 radical (unpaired) electrons. The molecule has 0 spiro atoms. The largest absolute Gasteiger partial charge is 0.291 e. The Morgan fingerprint density at radius 2 is 1.81 bits per heavy atom. The van der Waals surface area contributed by atoms with Crippen molar-refractivity contribution in [2.45, 2.75) is 17.4 Å². The number of hydrogen-bond donors (Lipinski definition) is 1. The Hall–Kier alpha value is -3.85. The molecule has 2 aromatic carbocycles. The van der Waals surface area contributed by atoms with E-state index in [-0.39, 0.29) is 10.9 Å². The summed E-state index contributed by atoms with van der Waals surface area (Å²) in [6, 6.07) is 15.8. The van der Waals surface area contributed by atoms with Crippen molar-refractivity contribution in [1.29, 1.82) is 0 Å². The van der Waals surface area contributed by atoms with E-state index >= 15 is 0 Å². The highest BCUT2D eigenvalue weighted by atomic mass is 32.2. The number of hydrogen-bond acceptors (Lipinski definition) is 7. The number of pyridine rings is 1. The second-order valence-electron chi connectivity index (χ2n) is 7.50. The molecule has 8 nitrogen and oxygen atoms in total. The lowest BCUT2D eigenvalue weighted by atomic mass is 10.1. The number of fused-ring (bicyclic) bond motifs is 1. The van der Waals surface area contributed by atoms with Gasteiger partial charge in [0, 0.05) is 31.4 Å². The van der Waals surface area contributed by atoms with Crippen LogP contribution in [0.15, 0.2) is 83.2 Å². The van der Waals surface area contributed by atoms with Crippen LogP contribution in [0.1, 0.15) is 18.2 Å². The summed E-state index contributed by atoms with van der Waals surface area (Å²) in [6.45, 7) is 0. The molecule has 9 heteroatoms. The maximum absolute atomic E-state index is 12.6. The summed E-state index contributed by atoms with van der Waals surface area (Å²) in [5, 5.41) is 6.16. The van der Waals surface area contributed by atoms with Crippen LogP contribution in [-0.4, -0.2) is 41.6 Å². The first-order valence-electron chi connectivity index (χ1n) is 10.0. The summed E-state index contributed by atoms with van der Waals surface area (Å²) in [6.07, 6.45) is 7.64. The lowest BCUT2D eigenvalue weighted by Crippen LogP contribution is -2.15. The topological polar surface area (TPSA) is 100 Å². The Bertz CT molecular complexity index is 1420. The number of rotatable bonds is 5. The molecule has 0 amide bonds. The molecular weight excluding hydrogens is 424 g/mol. The molecule has 1 N–H and O–H groups in total. The zero-order valence-electron chi connectivity index (χ0n) is 17.3. The van der Waals surface area contributed by atoms with Gasteiger partial charge in [-0.3, -0.25) is 19.7 Å². The van der Waals surface area contributed by atoms with Crippen LogP contribution >= 0.6 is 0 Å². The summed E-state index contributed by atoms with van der Waals surface area (Å²) in [5.41, 5.74) is 4.43. The molecule has 1 unspecified atom stereocenters. The van der Waals surface area contributed by atoms with E-state index in [0.717, 1.165) is 34.3 Å². The fraction of sp³-hybridized carbons (Fsp3) is 0.130. The van der Waals surface area contributed by atoms with E-state index in [2.05, 4.69) is 19.8 Å². The number of benzene rings is 2. The van der Waals surface area contributed by atoms with Gasteiger partial charge in [0.1, 0.15) is 0 Å². The third-order valence-electron chi connectivity index (χ3n) is 5.32. The Kier molecular flexibility index (Phi) is 5.02. The Labute approximate surface area is 185 Å². The molecule has 32 heavy (non-hydrogen) atoms. The highest BCUT2D eigenvalue weighted by Crippen LogP contribution is 2.28. The van der Waals surface area contributed by atoms with Gasteiger partial charge in [-0.15, -0.1) is 0 Å². The third kappa shape index (κ3) is 3.90. The van der Waals surface area contributed by atoms with E-state index in [1.807, 2.05) is 36.5 Å². The lowest BCUT2D eigenvalue weighted by molar-refractivity contribution is 0.284. The standard InChI is InChI=1S/C23H20N6O2S/c1-29-23(9-10-26-29)22-15-25-20-8-7-16(12-21(20)27-22)17-11-18(14-24-13-17)28-32(30,31)19-5-3-2-4-6-19/h2-8,10-15,23,28H,9H2,1H3. The number of anilines is 1. The van der Waals surface area contributed by atoms with Crippen LogP contribution in [0, 0.1) is 0 Å². The van der Waals surface area contributed by atoms with Crippen molar-refractivity contribution in [2.24, 2.45) is 5.10 Å². The molecule has 0 saturated carbocycles. The maximum atomic E-state index is 12.6. The van der Waals surface area contributed by atoms with E-state index in [1.165, 1.54) is 6.20 Å². The molecule has 0 fully saturated rings. The highest BCUT2D eigenvalue weighted by molar-refractivity contribution is 7.92. The molecule has 0 aliphatic carbocycles. The molecule has 1 aliphatic rings. The normalized spacial score (nSPS) is 15.9. The average molecular weight is 445 g/mol. The SMILES string of the molecule is CN1N=CCC1c1cnc2ccc(-c3cncc(NS(=O)(=O)c4ccccc4)c3)cc2n1. The van der Waals surface area contributed by atoms with Crippen molar-refractivity contribution in [3.05, 3.63) is 78.9 Å². The van der Waals surface area contributed by atoms with Gasteiger partial charge in [-0.25, -0.2) is 13.4 Å². The fourth-order valence-corrected chi connectivity index (χ4v) is 4.71. The maximum Gasteiger partial charge on any atom is 0.261 e. The monoisotopic (exact) mass is 444 g/mol. The highest BCUT2D eigenvalue weighted by Gasteiger charge is 2.21. The molecule has 3 heterocycles. The molecule has 1 atom stereocenters. The molecule has 0 bridgehead atoms. The van der Waals surface area contributed by atoms with Gasteiger partial charge in [0.05, 0.1) is 45.7 Å². The first-order valence-corrected chi connectivity index (χ1v) is 11.5. The van der Waals surface area contributed by atoms with Gasteiger partial charge in [-0.05, 0) is 35.9 Å². The Balaban J connectivity index is 1.46. The minimum absolute atomic E-state index is 0.0768. The first-order chi connectivity index (χ1) is 15.5. The predicted molar refractivity (Wildman–Crippen MR) is 124 cm³/mol. The lowest BCUT2D eigenvalue weighted by Gasteiger charge is -2.18. The van der Waals surface area contributed by atoms with Crippen LogP contribution < -0.4 is 4.72 Å². The molecule has 1 aliphatic heterocycles. The van der Waals surface area contributed by atoms with Gasteiger partial charge < -0.3 is 0 Å². The smallest absolute Gasteiger partial charge is 0.261 e. The van der Waals surface area contributed by atoms with Gasteiger partial charge in [0.2, 0.25) is 0 Å². The quantitative estimate of drug-likeness (QED) is 0.502. The second kappa shape index (κ2) is 8.01. The molecule has 0 saturated heterocycles. The van der Waals surface area contributed by atoms with Crippen LogP contribution in [0.5, 0.6) is 0 Å². The Morgan fingerprint density at radius 3 is 2.59 bits per heavy atom. The van der Waals surface area contributed by atoms with Crippen molar-refractivity contribution in [3.8, 4) is 11.1 Å². The summed E-state index contributed by atoms with van der Waals surface area (Å²) in [5.74, 6) is 0. The molecule has 5 rings (SSSR count). The average Bonchev–Trinajstić information content (AvgIpc) is 3.24. The van der Waals surface area contributed by atoms with Gasteiger partial charge >= 0.3 is 0 Å². The van der Waals surface area contributed by atoms with Crippen molar-refractivity contribution in [2.75, 3.05) is 11.8 Å². The third-order valence-corrected chi connectivity index (χ3v) is 6.72. The van der Waals surface area contributed by atoms with E-state index in [1.54, 1.807) is 48.8 Å². The molecule has 160 valence electrons. The molecular formula is C23H20N6O2S. The zero-order valence-corrected chi connectivity index (χ0v) is 18.1. The zero-order chi connectivity index (χ0) is 22.1.